The second kappa shape index (κ2) is 4.85. The van der Waals surface area contributed by atoms with Crippen LogP contribution in [0, 0.1) is 0 Å². The number of para-hydroxylation sites is 1. The fraction of sp³-hybridized carbons (Fsp3) is 0.118. The Morgan fingerprint density at radius 1 is 1.10 bits per heavy atom. The Kier molecular flexibility index (Phi) is 3.03. The third-order valence-electron chi connectivity index (χ3n) is 3.54. The third-order valence-corrected chi connectivity index (χ3v) is 3.54. The van der Waals surface area contributed by atoms with Gasteiger partial charge in [0.05, 0.1) is 0 Å². The normalized spacial score (nSPS) is 10.8. The monoisotopic (exact) mass is 264 g/mol. The number of hydrogen-bond acceptors (Lipinski definition) is 2. The highest BCUT2D eigenvalue weighted by Crippen LogP contribution is 2.22. The molecule has 100 valence electrons. The molecule has 0 amide bonds. The lowest BCUT2D eigenvalue weighted by Crippen LogP contribution is -2.03. The topological polar surface area (TPSA) is 48.0 Å². The summed E-state index contributed by atoms with van der Waals surface area (Å²) in [6.07, 6.45) is 2.30. The molecule has 3 aromatic rings. The van der Waals surface area contributed by atoms with E-state index in [4.69, 9.17) is 5.73 Å². The third kappa shape index (κ3) is 2.18. The van der Waals surface area contributed by atoms with Crippen molar-refractivity contribution >= 4 is 22.4 Å². The van der Waals surface area contributed by atoms with Gasteiger partial charge in [0.1, 0.15) is 0 Å². The Morgan fingerprint density at radius 2 is 1.80 bits per heavy atom. The van der Waals surface area contributed by atoms with E-state index in [1.165, 1.54) is 0 Å². The van der Waals surface area contributed by atoms with Crippen LogP contribution < -0.4 is 5.73 Å². The minimum absolute atomic E-state index is 0.131. The lowest BCUT2D eigenvalue weighted by Gasteiger charge is -2.01. The zero-order valence-electron chi connectivity index (χ0n) is 11.3. The largest absolute Gasteiger partial charge is 0.399 e. The molecular weight excluding hydrogens is 248 g/mol. The fourth-order valence-electron chi connectivity index (χ4n) is 2.48. The van der Waals surface area contributed by atoms with E-state index in [9.17, 15) is 4.79 Å². The van der Waals surface area contributed by atoms with Gasteiger partial charge in [-0.2, -0.15) is 0 Å². The van der Waals surface area contributed by atoms with Crippen molar-refractivity contribution < 1.29 is 4.79 Å². The van der Waals surface area contributed by atoms with Crippen LogP contribution in [0.3, 0.4) is 0 Å². The Balaban J connectivity index is 1.95. The van der Waals surface area contributed by atoms with Crippen molar-refractivity contribution in [2.75, 3.05) is 5.73 Å². The molecule has 2 N–H and O–H groups in total. The second-order valence-electron chi connectivity index (χ2n) is 5.01. The molecule has 3 nitrogen and oxygen atoms in total. The van der Waals surface area contributed by atoms with E-state index >= 15 is 0 Å². The summed E-state index contributed by atoms with van der Waals surface area (Å²) in [6.45, 7) is 0. The molecule has 0 fully saturated rings. The van der Waals surface area contributed by atoms with Crippen LogP contribution in [-0.2, 0) is 13.5 Å². The number of aromatic nitrogens is 1. The van der Waals surface area contributed by atoms with Crippen LogP contribution in [0.1, 0.15) is 15.9 Å². The molecular formula is C17H16N2O. The van der Waals surface area contributed by atoms with Gasteiger partial charge in [-0.3, -0.25) is 4.79 Å². The Hall–Kier alpha value is -2.55. The maximum atomic E-state index is 12.5. The first-order chi connectivity index (χ1) is 9.65. The highest BCUT2D eigenvalue weighted by molar-refractivity contribution is 6.08. The molecule has 3 rings (SSSR count). The van der Waals surface area contributed by atoms with E-state index in [0.29, 0.717) is 12.1 Å². The first-order valence-corrected chi connectivity index (χ1v) is 6.57. The number of benzene rings is 2. The molecule has 0 radical (unpaired) electrons. The van der Waals surface area contributed by atoms with Gasteiger partial charge in [0.15, 0.2) is 5.78 Å². The van der Waals surface area contributed by atoms with Crippen molar-refractivity contribution in [3.8, 4) is 0 Å². The number of hydrogen-bond donors (Lipinski definition) is 1. The molecule has 0 bridgehead atoms. The number of nitrogens with zero attached hydrogens (tertiary/aromatic N) is 1. The minimum Gasteiger partial charge on any atom is -0.399 e. The average Bonchev–Trinajstić information content (AvgIpc) is 2.79. The SMILES string of the molecule is Cn1cc(C(=O)Cc2ccc(N)cc2)c2ccccc21. The van der Waals surface area contributed by atoms with Crippen LogP contribution >= 0.6 is 0 Å². The summed E-state index contributed by atoms with van der Waals surface area (Å²) >= 11 is 0. The van der Waals surface area contributed by atoms with E-state index < -0.39 is 0 Å². The zero-order chi connectivity index (χ0) is 14.1. The molecule has 0 aliphatic heterocycles. The highest BCUT2D eigenvalue weighted by Gasteiger charge is 2.13. The molecule has 2 aromatic carbocycles. The van der Waals surface area contributed by atoms with Gasteiger partial charge in [-0.1, -0.05) is 30.3 Å². The molecule has 0 spiro atoms. The van der Waals surface area contributed by atoms with Crippen LogP contribution in [0.15, 0.2) is 54.7 Å². The van der Waals surface area contributed by atoms with E-state index in [1.807, 2.05) is 66.3 Å². The fourth-order valence-corrected chi connectivity index (χ4v) is 2.48. The van der Waals surface area contributed by atoms with E-state index in [2.05, 4.69) is 0 Å². The molecule has 20 heavy (non-hydrogen) atoms. The number of rotatable bonds is 3. The van der Waals surface area contributed by atoms with Crippen molar-refractivity contribution in [1.82, 2.24) is 4.57 Å². The molecule has 1 aromatic heterocycles. The van der Waals surface area contributed by atoms with Gasteiger partial charge >= 0.3 is 0 Å². The number of carbonyl (C=O) groups excluding carboxylic acids is 1. The summed E-state index contributed by atoms with van der Waals surface area (Å²) in [7, 11) is 1.96. The maximum Gasteiger partial charge on any atom is 0.169 e. The molecule has 0 aliphatic rings. The van der Waals surface area contributed by atoms with Crippen molar-refractivity contribution in [1.29, 1.82) is 0 Å². The number of ketones is 1. The van der Waals surface area contributed by atoms with Crippen molar-refractivity contribution in [3.63, 3.8) is 0 Å². The summed E-state index contributed by atoms with van der Waals surface area (Å²) in [6, 6.07) is 15.4. The molecule has 0 aliphatic carbocycles. The van der Waals surface area contributed by atoms with Gasteiger partial charge in [-0.25, -0.2) is 0 Å². The van der Waals surface area contributed by atoms with Crippen LogP contribution in [0.25, 0.3) is 10.9 Å². The maximum absolute atomic E-state index is 12.5. The predicted molar refractivity (Wildman–Crippen MR) is 81.8 cm³/mol. The predicted octanol–water partition coefficient (Wildman–Crippen LogP) is 3.19. The van der Waals surface area contributed by atoms with Crippen LogP contribution in [-0.4, -0.2) is 10.4 Å². The van der Waals surface area contributed by atoms with E-state index in [-0.39, 0.29) is 5.78 Å². The van der Waals surface area contributed by atoms with E-state index in [0.717, 1.165) is 22.0 Å². The minimum atomic E-state index is 0.131. The zero-order valence-corrected chi connectivity index (χ0v) is 11.3. The molecule has 0 atom stereocenters. The summed E-state index contributed by atoms with van der Waals surface area (Å²) in [5, 5.41) is 1.01. The Labute approximate surface area is 117 Å². The number of carbonyl (C=O) groups is 1. The second-order valence-corrected chi connectivity index (χ2v) is 5.01. The summed E-state index contributed by atoms with van der Waals surface area (Å²) in [5.41, 5.74) is 9.21. The first-order valence-electron chi connectivity index (χ1n) is 6.57. The standard InChI is InChI=1S/C17H16N2O/c1-19-11-15(14-4-2-3-5-16(14)19)17(20)10-12-6-8-13(18)9-7-12/h2-9,11H,10,18H2,1H3. The highest BCUT2D eigenvalue weighted by atomic mass is 16.1. The average molecular weight is 264 g/mol. The van der Waals surface area contributed by atoms with Crippen molar-refractivity contribution in [2.45, 2.75) is 6.42 Å². The molecule has 0 saturated heterocycles. The number of nitrogens with two attached hydrogens (primary N) is 1. The van der Waals surface area contributed by atoms with Gasteiger partial charge in [-0.15, -0.1) is 0 Å². The number of aryl methyl sites for hydroxylation is 1. The van der Waals surface area contributed by atoms with Crippen molar-refractivity contribution in [3.05, 3.63) is 65.9 Å². The quantitative estimate of drug-likeness (QED) is 0.583. The molecule has 0 unspecified atom stereocenters. The number of nitrogen functional groups attached to an aromatic ring is 1. The van der Waals surface area contributed by atoms with Gasteiger partial charge in [-0.05, 0) is 23.8 Å². The van der Waals surface area contributed by atoms with Crippen LogP contribution in [0.2, 0.25) is 0 Å². The lowest BCUT2D eigenvalue weighted by molar-refractivity contribution is 0.0994. The Morgan fingerprint density at radius 3 is 2.55 bits per heavy atom. The van der Waals surface area contributed by atoms with Gasteiger partial charge in [0.2, 0.25) is 0 Å². The summed E-state index contributed by atoms with van der Waals surface area (Å²) < 4.78 is 1.99. The first kappa shape index (κ1) is 12.5. The Bertz CT molecular complexity index is 769. The van der Waals surface area contributed by atoms with Gasteiger partial charge < -0.3 is 10.3 Å². The summed E-state index contributed by atoms with van der Waals surface area (Å²) in [4.78, 5) is 12.5. The number of Topliss-reactive ketones (excluding diaryl/α,β-unsaturated/α-hetero) is 1. The van der Waals surface area contributed by atoms with Crippen LogP contribution in [0.5, 0.6) is 0 Å². The van der Waals surface area contributed by atoms with Crippen LogP contribution in [0.4, 0.5) is 5.69 Å². The number of anilines is 1. The van der Waals surface area contributed by atoms with Gasteiger partial charge in [0, 0.05) is 41.8 Å². The molecule has 0 saturated carbocycles. The molecule has 1 heterocycles. The van der Waals surface area contributed by atoms with Gasteiger partial charge in [0.25, 0.3) is 0 Å². The summed E-state index contributed by atoms with van der Waals surface area (Å²) in [5.74, 6) is 0.131. The van der Waals surface area contributed by atoms with Crippen molar-refractivity contribution in [2.24, 2.45) is 7.05 Å². The van der Waals surface area contributed by atoms with E-state index in [1.54, 1.807) is 0 Å². The number of fused-ring (bicyclic) bond motifs is 1. The smallest absolute Gasteiger partial charge is 0.169 e. The molecule has 3 heteroatoms. The lowest BCUT2D eigenvalue weighted by atomic mass is 10.0.